The van der Waals surface area contributed by atoms with Crippen LogP contribution in [0.1, 0.15) is 0 Å². The highest BCUT2D eigenvalue weighted by atomic mass is 16.6. The minimum absolute atomic E-state index is 0.0351. The predicted molar refractivity (Wildman–Crippen MR) is 133 cm³/mol. The molecule has 3 N–H and O–H groups in total. The van der Waals surface area contributed by atoms with Crippen molar-refractivity contribution in [3.8, 4) is 17.1 Å². The highest BCUT2D eigenvalue weighted by Gasteiger charge is 2.17. The lowest BCUT2D eigenvalue weighted by atomic mass is 10.1. The third-order valence-electron chi connectivity index (χ3n) is 5.17. The number of carbonyl (C=O) groups is 2. The lowest BCUT2D eigenvalue weighted by Gasteiger charge is -2.15. The minimum atomic E-state index is -0.807. The zero-order valence-corrected chi connectivity index (χ0v) is 20.1. The molecule has 0 fully saturated rings. The van der Waals surface area contributed by atoms with E-state index in [0.717, 1.165) is 0 Å². The van der Waals surface area contributed by atoms with E-state index in [4.69, 9.17) is 23.7 Å². The molecule has 0 atom stereocenters. The summed E-state index contributed by atoms with van der Waals surface area (Å²) in [7, 11) is 3.26. The molecule has 2 amide bonds. The molecule has 0 saturated heterocycles. The summed E-state index contributed by atoms with van der Waals surface area (Å²) >= 11 is 0. The van der Waals surface area contributed by atoms with Crippen LogP contribution in [0.25, 0.3) is 22.3 Å². The summed E-state index contributed by atoms with van der Waals surface area (Å²) < 4.78 is 21.4. The van der Waals surface area contributed by atoms with E-state index in [1.54, 1.807) is 42.5 Å². The summed E-state index contributed by atoms with van der Waals surface area (Å²) in [4.78, 5) is 38.6. The number of aliphatic hydroxyl groups excluding tert-OH is 1. The van der Waals surface area contributed by atoms with Crippen molar-refractivity contribution in [2.45, 2.75) is 0 Å². The molecule has 1 aromatic heterocycles. The smallest absolute Gasteiger partial charge is 0.411 e. The van der Waals surface area contributed by atoms with Crippen molar-refractivity contribution in [2.75, 3.05) is 58.9 Å². The van der Waals surface area contributed by atoms with Gasteiger partial charge >= 0.3 is 12.2 Å². The van der Waals surface area contributed by atoms with Gasteiger partial charge in [-0.15, -0.1) is 0 Å². The molecule has 0 bridgehead atoms. The third kappa shape index (κ3) is 7.20. The van der Waals surface area contributed by atoms with Crippen molar-refractivity contribution in [3.63, 3.8) is 0 Å². The van der Waals surface area contributed by atoms with Crippen LogP contribution in [0.2, 0.25) is 0 Å². The normalized spacial score (nSPS) is 10.8. The first kappa shape index (κ1) is 26.5. The molecule has 11 nitrogen and oxygen atoms in total. The van der Waals surface area contributed by atoms with Gasteiger partial charge in [0.15, 0.2) is 5.43 Å². The van der Waals surface area contributed by atoms with Crippen LogP contribution in [-0.4, -0.2) is 75.8 Å². The summed E-state index contributed by atoms with van der Waals surface area (Å²) in [5, 5.41) is 14.5. The fourth-order valence-corrected chi connectivity index (χ4v) is 3.36. The fourth-order valence-electron chi connectivity index (χ4n) is 3.36. The van der Waals surface area contributed by atoms with Gasteiger partial charge in [0.2, 0.25) is 0 Å². The maximum atomic E-state index is 12.6. The SMILES string of the molecule is COc1cccc(-c2cc(=O)c3ccccc3o2)c1NC(=O)OCCOC(=O)NCCN(C)CCO. The molecular formula is C25H29N3O8. The maximum Gasteiger partial charge on any atom is 0.411 e. The van der Waals surface area contributed by atoms with Crippen LogP contribution in [0.5, 0.6) is 5.75 Å². The summed E-state index contributed by atoms with van der Waals surface area (Å²) in [5.74, 6) is 0.583. The molecular weight excluding hydrogens is 470 g/mol. The number of ether oxygens (including phenoxy) is 3. The van der Waals surface area contributed by atoms with Gasteiger partial charge in [-0.05, 0) is 31.3 Å². The average Bonchev–Trinajstić information content (AvgIpc) is 2.87. The first-order chi connectivity index (χ1) is 17.4. The van der Waals surface area contributed by atoms with Crippen LogP contribution in [0.15, 0.2) is 57.7 Å². The van der Waals surface area contributed by atoms with Gasteiger partial charge in [-0.1, -0.05) is 18.2 Å². The largest absolute Gasteiger partial charge is 0.495 e. The van der Waals surface area contributed by atoms with Gasteiger partial charge in [0.1, 0.15) is 30.3 Å². The van der Waals surface area contributed by atoms with Gasteiger partial charge in [-0.25, -0.2) is 9.59 Å². The van der Waals surface area contributed by atoms with Crippen molar-refractivity contribution in [1.29, 1.82) is 0 Å². The zero-order chi connectivity index (χ0) is 25.9. The lowest BCUT2D eigenvalue weighted by molar-refractivity contribution is 0.102. The molecule has 0 saturated carbocycles. The Morgan fingerprint density at radius 3 is 2.53 bits per heavy atom. The highest BCUT2D eigenvalue weighted by molar-refractivity contribution is 5.94. The first-order valence-electron chi connectivity index (χ1n) is 11.3. The molecule has 3 aromatic rings. The third-order valence-corrected chi connectivity index (χ3v) is 5.17. The van der Waals surface area contributed by atoms with Crippen molar-refractivity contribution in [1.82, 2.24) is 10.2 Å². The van der Waals surface area contributed by atoms with E-state index < -0.39 is 12.2 Å². The number of likely N-dealkylation sites (N-methyl/N-ethyl adjacent to an activating group) is 1. The van der Waals surface area contributed by atoms with E-state index in [1.807, 2.05) is 11.9 Å². The fraction of sp³-hybridized carbons (Fsp3) is 0.320. The molecule has 2 aromatic carbocycles. The number of benzene rings is 2. The Bertz CT molecular complexity index is 1240. The van der Waals surface area contributed by atoms with Gasteiger partial charge in [-0.3, -0.25) is 10.1 Å². The number of methoxy groups -OCH3 is 1. The number of hydrogen-bond acceptors (Lipinski definition) is 9. The highest BCUT2D eigenvalue weighted by Crippen LogP contribution is 2.36. The average molecular weight is 500 g/mol. The van der Waals surface area contributed by atoms with Crippen LogP contribution in [0, 0.1) is 0 Å². The zero-order valence-electron chi connectivity index (χ0n) is 20.1. The molecule has 0 spiro atoms. The standard InChI is InChI=1S/C25H29N3O8/c1-28(12-13-29)11-10-26-24(31)34-14-15-35-25(32)27-23-18(7-5-9-21(23)33-2)22-16-19(30)17-6-3-4-8-20(17)36-22/h3-9,16,29H,10-15H2,1-2H3,(H,26,31)(H,27,32). The van der Waals surface area contributed by atoms with E-state index in [1.165, 1.54) is 13.2 Å². The monoisotopic (exact) mass is 499 g/mol. The van der Waals surface area contributed by atoms with E-state index in [2.05, 4.69) is 10.6 Å². The Hall–Kier alpha value is -4.09. The first-order valence-corrected chi connectivity index (χ1v) is 11.3. The Morgan fingerprint density at radius 1 is 1.03 bits per heavy atom. The molecule has 192 valence electrons. The van der Waals surface area contributed by atoms with Crippen LogP contribution in [0.3, 0.4) is 0 Å². The summed E-state index contributed by atoms with van der Waals surface area (Å²) in [6.45, 7) is 1.10. The molecule has 36 heavy (non-hydrogen) atoms. The van der Waals surface area contributed by atoms with E-state index in [0.29, 0.717) is 41.9 Å². The second kappa shape index (κ2) is 13.1. The van der Waals surface area contributed by atoms with Crippen molar-refractivity contribution < 1.29 is 33.3 Å². The Morgan fingerprint density at radius 2 is 1.78 bits per heavy atom. The van der Waals surface area contributed by atoms with Gasteiger partial charge in [0.25, 0.3) is 0 Å². The number of fused-ring (bicyclic) bond motifs is 1. The number of nitrogens with zero attached hydrogens (tertiary/aromatic N) is 1. The topological polar surface area (TPSA) is 140 Å². The maximum absolute atomic E-state index is 12.6. The molecule has 11 heteroatoms. The van der Waals surface area contributed by atoms with Gasteiger partial charge in [0.05, 0.1) is 24.8 Å². The molecule has 1 heterocycles. The van der Waals surface area contributed by atoms with Crippen LogP contribution in [0.4, 0.5) is 15.3 Å². The van der Waals surface area contributed by atoms with Gasteiger partial charge < -0.3 is 34.0 Å². The summed E-state index contributed by atoms with van der Waals surface area (Å²) in [6.07, 6.45) is -1.45. The molecule has 0 aliphatic rings. The number of para-hydroxylation sites is 2. The predicted octanol–water partition coefficient (Wildman–Crippen LogP) is 2.67. The van der Waals surface area contributed by atoms with E-state index in [-0.39, 0.29) is 36.7 Å². The minimum Gasteiger partial charge on any atom is -0.495 e. The molecule has 0 aliphatic carbocycles. The van der Waals surface area contributed by atoms with Crippen LogP contribution >= 0.6 is 0 Å². The number of anilines is 1. The Balaban J connectivity index is 1.59. The van der Waals surface area contributed by atoms with E-state index >= 15 is 0 Å². The molecule has 0 aliphatic heterocycles. The number of alkyl carbamates (subject to hydrolysis) is 1. The quantitative estimate of drug-likeness (QED) is 0.340. The second-order valence-corrected chi connectivity index (χ2v) is 7.70. The molecule has 0 radical (unpaired) electrons. The van der Waals surface area contributed by atoms with Gasteiger partial charge in [0, 0.05) is 31.3 Å². The van der Waals surface area contributed by atoms with Crippen molar-refractivity contribution >= 4 is 28.8 Å². The number of rotatable bonds is 11. The Labute approximate surface area is 207 Å². The van der Waals surface area contributed by atoms with Crippen molar-refractivity contribution in [3.05, 3.63) is 58.8 Å². The number of hydrogen-bond donors (Lipinski definition) is 3. The molecule has 0 unspecified atom stereocenters. The molecule has 3 rings (SSSR count). The second-order valence-electron chi connectivity index (χ2n) is 7.70. The van der Waals surface area contributed by atoms with Gasteiger partial charge in [-0.2, -0.15) is 0 Å². The number of carbonyl (C=O) groups excluding carboxylic acids is 2. The van der Waals surface area contributed by atoms with E-state index in [9.17, 15) is 14.4 Å². The number of aliphatic hydroxyl groups is 1. The summed E-state index contributed by atoms with van der Waals surface area (Å²) in [6, 6.07) is 13.2. The summed E-state index contributed by atoms with van der Waals surface area (Å²) in [5.41, 5.74) is 0.871. The van der Waals surface area contributed by atoms with Crippen LogP contribution < -0.4 is 20.8 Å². The lowest BCUT2D eigenvalue weighted by Crippen LogP contribution is -2.35. The van der Waals surface area contributed by atoms with Crippen LogP contribution in [-0.2, 0) is 9.47 Å². The number of nitrogens with one attached hydrogen (secondary N) is 2. The number of amides is 2. The Kier molecular flexibility index (Phi) is 9.66. The van der Waals surface area contributed by atoms with Crippen molar-refractivity contribution in [2.24, 2.45) is 0 Å².